The molecule has 1 N–H and O–H groups in total. The van der Waals surface area contributed by atoms with Gasteiger partial charge < -0.3 is 9.84 Å². The van der Waals surface area contributed by atoms with Crippen molar-refractivity contribution in [1.29, 1.82) is 0 Å². The number of carboxylic acid groups (broad SMARTS) is 1. The van der Waals surface area contributed by atoms with Gasteiger partial charge in [-0.2, -0.15) is 0 Å². The van der Waals surface area contributed by atoms with Crippen LogP contribution < -0.4 is 4.74 Å². The predicted octanol–water partition coefficient (Wildman–Crippen LogP) is 4.18. The number of hydrogen-bond donors (Lipinski definition) is 1. The summed E-state index contributed by atoms with van der Waals surface area (Å²) in [4.78, 5) is 36.5. The molecule has 0 radical (unpaired) electrons. The zero-order valence-electron chi connectivity index (χ0n) is 14.2. The van der Waals surface area contributed by atoms with Crippen LogP contribution in [0.3, 0.4) is 0 Å². The highest BCUT2D eigenvalue weighted by molar-refractivity contribution is 8.18. The van der Waals surface area contributed by atoms with Crippen LogP contribution in [0.25, 0.3) is 6.08 Å². The van der Waals surface area contributed by atoms with Crippen molar-refractivity contribution in [3.8, 4) is 5.75 Å². The molecule has 0 atom stereocenters. The van der Waals surface area contributed by atoms with Gasteiger partial charge in [-0.3, -0.25) is 14.5 Å². The Balaban J connectivity index is 1.80. The normalized spacial score (nSPS) is 15.4. The molecule has 0 aliphatic carbocycles. The summed E-state index contributed by atoms with van der Waals surface area (Å²) in [7, 11) is 0. The third-order valence-corrected chi connectivity index (χ3v) is 5.03. The molecule has 9 heteroatoms. The molecule has 0 saturated carbocycles. The van der Waals surface area contributed by atoms with Crippen LogP contribution in [0.5, 0.6) is 5.75 Å². The van der Waals surface area contributed by atoms with E-state index in [1.54, 1.807) is 24.3 Å². The average molecular weight is 422 g/mol. The zero-order chi connectivity index (χ0) is 20.3. The second-order valence-corrected chi connectivity index (χ2v) is 7.12. The molecule has 1 saturated heterocycles. The first-order valence-corrected chi connectivity index (χ1v) is 9.17. The number of benzene rings is 2. The molecule has 6 nitrogen and oxygen atoms in total. The Morgan fingerprint density at radius 2 is 2.00 bits per heavy atom. The Bertz CT molecular complexity index is 974. The molecule has 28 heavy (non-hydrogen) atoms. The molecule has 2 amide bonds. The molecule has 0 aromatic heterocycles. The van der Waals surface area contributed by atoms with E-state index in [2.05, 4.69) is 0 Å². The van der Waals surface area contributed by atoms with E-state index in [4.69, 9.17) is 21.4 Å². The fraction of sp³-hybridized carbons (Fsp3) is 0.105. The molecule has 0 spiro atoms. The average Bonchev–Trinajstić information content (AvgIpc) is 2.90. The third kappa shape index (κ3) is 4.52. The highest BCUT2D eigenvalue weighted by atomic mass is 35.5. The SMILES string of the molecule is O=C(O)COc1cccc(/C=C2\SC(=O)N(Cc3c(F)cccc3Cl)C2=O)c1. The highest BCUT2D eigenvalue weighted by Gasteiger charge is 2.35. The minimum atomic E-state index is -1.11. The number of hydrogen-bond acceptors (Lipinski definition) is 5. The first-order chi connectivity index (χ1) is 13.3. The molecule has 2 aromatic rings. The zero-order valence-corrected chi connectivity index (χ0v) is 15.8. The standard InChI is InChI=1S/C19H13ClFNO5S/c20-14-5-2-6-15(21)13(14)9-22-18(25)16(28-19(22)26)8-11-3-1-4-12(7-11)27-10-17(23)24/h1-8H,9-10H2,(H,23,24)/b16-8-. The largest absolute Gasteiger partial charge is 0.482 e. The number of rotatable bonds is 6. The summed E-state index contributed by atoms with van der Waals surface area (Å²) in [5.74, 6) is -1.96. The van der Waals surface area contributed by atoms with Crippen molar-refractivity contribution in [2.45, 2.75) is 6.54 Å². The van der Waals surface area contributed by atoms with Gasteiger partial charge in [0, 0.05) is 10.6 Å². The maximum absolute atomic E-state index is 14.0. The summed E-state index contributed by atoms with van der Waals surface area (Å²) >= 11 is 6.70. The first-order valence-electron chi connectivity index (χ1n) is 7.98. The monoisotopic (exact) mass is 421 g/mol. The van der Waals surface area contributed by atoms with Gasteiger partial charge in [-0.05, 0) is 47.7 Å². The molecular weight excluding hydrogens is 409 g/mol. The van der Waals surface area contributed by atoms with Crippen LogP contribution in [0.4, 0.5) is 9.18 Å². The molecule has 2 aromatic carbocycles. The summed E-state index contributed by atoms with van der Waals surface area (Å²) in [5, 5.41) is 8.26. The highest BCUT2D eigenvalue weighted by Crippen LogP contribution is 2.35. The number of thioether (sulfide) groups is 1. The predicted molar refractivity (Wildman–Crippen MR) is 102 cm³/mol. The fourth-order valence-electron chi connectivity index (χ4n) is 2.47. The Hall–Kier alpha value is -2.84. The van der Waals surface area contributed by atoms with E-state index >= 15 is 0 Å². The van der Waals surface area contributed by atoms with Crippen LogP contribution in [0.1, 0.15) is 11.1 Å². The Kier molecular flexibility index (Phi) is 6.01. The summed E-state index contributed by atoms with van der Waals surface area (Å²) in [6.45, 7) is -0.765. The van der Waals surface area contributed by atoms with Gasteiger partial charge in [0.05, 0.1) is 11.4 Å². The molecule has 144 valence electrons. The van der Waals surface area contributed by atoms with Crippen molar-refractivity contribution in [3.05, 3.63) is 69.3 Å². The van der Waals surface area contributed by atoms with Crippen molar-refractivity contribution < 1.29 is 28.6 Å². The quantitative estimate of drug-likeness (QED) is 0.704. The summed E-state index contributed by atoms with van der Waals surface area (Å²) in [6.07, 6.45) is 1.49. The minimum Gasteiger partial charge on any atom is -0.482 e. The topological polar surface area (TPSA) is 83.9 Å². The van der Waals surface area contributed by atoms with E-state index in [1.165, 1.54) is 24.3 Å². The number of carbonyl (C=O) groups is 3. The van der Waals surface area contributed by atoms with Crippen LogP contribution in [0.2, 0.25) is 5.02 Å². The van der Waals surface area contributed by atoms with Gasteiger partial charge in [0.1, 0.15) is 11.6 Å². The lowest BCUT2D eigenvalue weighted by Gasteiger charge is -2.14. The van der Waals surface area contributed by atoms with Crippen molar-refractivity contribution >= 4 is 46.6 Å². The lowest BCUT2D eigenvalue weighted by molar-refractivity contribution is -0.139. The van der Waals surface area contributed by atoms with E-state index in [1.807, 2.05) is 0 Å². The van der Waals surface area contributed by atoms with Crippen LogP contribution in [0.15, 0.2) is 47.4 Å². The number of amides is 2. The van der Waals surface area contributed by atoms with Crippen molar-refractivity contribution in [3.63, 3.8) is 0 Å². The summed E-state index contributed by atoms with van der Waals surface area (Å²) < 4.78 is 19.1. The van der Waals surface area contributed by atoms with Gasteiger partial charge in [-0.15, -0.1) is 0 Å². The molecule has 1 heterocycles. The molecule has 0 unspecified atom stereocenters. The summed E-state index contributed by atoms with van der Waals surface area (Å²) in [5.41, 5.74) is 0.620. The number of nitrogens with zero attached hydrogens (tertiary/aromatic N) is 1. The number of aliphatic carboxylic acids is 1. The van der Waals surface area contributed by atoms with Crippen molar-refractivity contribution in [1.82, 2.24) is 4.90 Å². The Morgan fingerprint density at radius 1 is 1.25 bits per heavy atom. The lowest BCUT2D eigenvalue weighted by atomic mass is 10.2. The summed E-state index contributed by atoms with van der Waals surface area (Å²) in [6, 6.07) is 10.6. The smallest absolute Gasteiger partial charge is 0.341 e. The second-order valence-electron chi connectivity index (χ2n) is 5.72. The van der Waals surface area contributed by atoms with Crippen molar-refractivity contribution in [2.24, 2.45) is 0 Å². The number of imide groups is 1. The number of halogens is 2. The molecule has 3 rings (SSSR count). The Labute approximate surface area is 168 Å². The lowest BCUT2D eigenvalue weighted by Crippen LogP contribution is -2.28. The van der Waals surface area contributed by atoms with Gasteiger partial charge in [0.15, 0.2) is 6.61 Å². The number of carboxylic acids is 1. The third-order valence-electron chi connectivity index (χ3n) is 3.77. The van der Waals surface area contributed by atoms with Gasteiger partial charge in [0.2, 0.25) is 0 Å². The molecule has 1 fully saturated rings. The minimum absolute atomic E-state index is 0.0665. The van der Waals surface area contributed by atoms with Gasteiger partial charge in [-0.1, -0.05) is 29.8 Å². The van der Waals surface area contributed by atoms with E-state index in [9.17, 15) is 18.8 Å². The molecule has 1 aliphatic heterocycles. The fourth-order valence-corrected chi connectivity index (χ4v) is 3.53. The maximum atomic E-state index is 14.0. The number of carbonyl (C=O) groups excluding carboxylic acids is 2. The van der Waals surface area contributed by atoms with Crippen molar-refractivity contribution in [2.75, 3.05) is 6.61 Å². The molecule has 1 aliphatic rings. The number of ether oxygens (including phenoxy) is 1. The molecular formula is C19H13ClFNO5S. The van der Waals surface area contributed by atoms with E-state index in [0.29, 0.717) is 11.3 Å². The van der Waals surface area contributed by atoms with E-state index in [0.717, 1.165) is 16.7 Å². The van der Waals surface area contributed by atoms with Crippen LogP contribution in [0, 0.1) is 5.82 Å². The second kappa shape index (κ2) is 8.45. The Morgan fingerprint density at radius 3 is 2.71 bits per heavy atom. The van der Waals surface area contributed by atoms with Gasteiger partial charge in [0.25, 0.3) is 11.1 Å². The van der Waals surface area contributed by atoms with Crippen LogP contribution in [-0.4, -0.2) is 33.7 Å². The van der Waals surface area contributed by atoms with Gasteiger partial charge in [-0.25, -0.2) is 9.18 Å². The molecule has 0 bridgehead atoms. The maximum Gasteiger partial charge on any atom is 0.341 e. The van der Waals surface area contributed by atoms with E-state index < -0.39 is 29.5 Å². The van der Waals surface area contributed by atoms with E-state index in [-0.39, 0.29) is 22.0 Å². The van der Waals surface area contributed by atoms with Crippen LogP contribution in [-0.2, 0) is 16.1 Å². The van der Waals surface area contributed by atoms with Gasteiger partial charge >= 0.3 is 5.97 Å². The van der Waals surface area contributed by atoms with Crippen LogP contribution >= 0.6 is 23.4 Å². The first kappa shape index (κ1) is 19.9.